The summed E-state index contributed by atoms with van der Waals surface area (Å²) < 4.78 is 2.87. The molecule has 1 saturated carbocycles. The van der Waals surface area contributed by atoms with Crippen LogP contribution in [-0.4, -0.2) is 20.8 Å². The van der Waals surface area contributed by atoms with Gasteiger partial charge in [-0.05, 0) is 47.3 Å². The van der Waals surface area contributed by atoms with Crippen molar-refractivity contribution >= 4 is 39.0 Å². The Morgan fingerprint density at radius 2 is 2.38 bits per heavy atom. The van der Waals surface area contributed by atoms with E-state index in [1.165, 1.54) is 4.88 Å². The molecule has 5 nitrogen and oxygen atoms in total. The SMILES string of the molecule is CCC(N)C(Sc1n[nH]c(=O)n1C1CC1)c1ccc(Br)s1. The van der Waals surface area contributed by atoms with Crippen molar-refractivity contribution in [2.24, 2.45) is 5.73 Å². The molecule has 0 bridgehead atoms. The average Bonchev–Trinajstić information content (AvgIpc) is 3.11. The number of halogens is 1. The number of nitrogens with one attached hydrogen (secondary N) is 1. The first-order chi connectivity index (χ1) is 10.1. The van der Waals surface area contributed by atoms with Crippen molar-refractivity contribution in [2.75, 3.05) is 0 Å². The Morgan fingerprint density at radius 1 is 1.62 bits per heavy atom. The third-order valence-electron chi connectivity index (χ3n) is 3.55. The summed E-state index contributed by atoms with van der Waals surface area (Å²) in [5.74, 6) is 0. The number of aromatic amines is 1. The van der Waals surface area contributed by atoms with Crippen LogP contribution in [0, 0.1) is 0 Å². The number of nitrogens with two attached hydrogens (primary N) is 1. The second-order valence-electron chi connectivity index (χ2n) is 5.16. The molecule has 3 N–H and O–H groups in total. The van der Waals surface area contributed by atoms with Crippen LogP contribution in [0.15, 0.2) is 25.9 Å². The van der Waals surface area contributed by atoms with Gasteiger partial charge in [-0.15, -0.1) is 16.4 Å². The predicted octanol–water partition coefficient (Wildman–Crippen LogP) is 3.30. The van der Waals surface area contributed by atoms with E-state index in [1.807, 2.05) is 6.07 Å². The molecule has 1 fully saturated rings. The normalized spacial score (nSPS) is 17.9. The van der Waals surface area contributed by atoms with Crippen molar-refractivity contribution < 1.29 is 0 Å². The topological polar surface area (TPSA) is 76.7 Å². The monoisotopic (exact) mass is 388 g/mol. The van der Waals surface area contributed by atoms with E-state index >= 15 is 0 Å². The number of nitrogens with zero attached hydrogens (tertiary/aromatic N) is 2. The van der Waals surface area contributed by atoms with Gasteiger partial charge < -0.3 is 5.73 Å². The molecule has 3 rings (SSSR count). The largest absolute Gasteiger partial charge is 0.344 e. The molecule has 0 amide bonds. The molecular formula is C13H17BrN4OS2. The molecule has 114 valence electrons. The Labute approximate surface area is 139 Å². The maximum absolute atomic E-state index is 11.9. The van der Waals surface area contributed by atoms with Gasteiger partial charge >= 0.3 is 5.69 Å². The number of thioether (sulfide) groups is 1. The van der Waals surface area contributed by atoms with Crippen LogP contribution < -0.4 is 11.4 Å². The summed E-state index contributed by atoms with van der Waals surface area (Å²) in [6.45, 7) is 2.08. The maximum Gasteiger partial charge on any atom is 0.344 e. The highest BCUT2D eigenvalue weighted by atomic mass is 79.9. The van der Waals surface area contributed by atoms with Crippen LogP contribution >= 0.6 is 39.0 Å². The first-order valence-corrected chi connectivity index (χ1v) is 9.43. The van der Waals surface area contributed by atoms with Gasteiger partial charge in [0.2, 0.25) is 0 Å². The van der Waals surface area contributed by atoms with Crippen molar-refractivity contribution in [3.05, 3.63) is 31.3 Å². The molecule has 2 heterocycles. The van der Waals surface area contributed by atoms with Crippen LogP contribution in [0.2, 0.25) is 0 Å². The molecular weight excluding hydrogens is 372 g/mol. The van der Waals surface area contributed by atoms with Gasteiger partial charge in [-0.2, -0.15) is 0 Å². The van der Waals surface area contributed by atoms with Gasteiger partial charge in [-0.1, -0.05) is 18.7 Å². The number of H-pyrrole nitrogens is 1. The first-order valence-electron chi connectivity index (χ1n) is 6.94. The van der Waals surface area contributed by atoms with Crippen molar-refractivity contribution in [3.63, 3.8) is 0 Å². The number of rotatable bonds is 6. The summed E-state index contributed by atoms with van der Waals surface area (Å²) in [6, 6.07) is 4.47. The van der Waals surface area contributed by atoms with Gasteiger partial charge in [0.1, 0.15) is 0 Å². The van der Waals surface area contributed by atoms with E-state index in [0.717, 1.165) is 28.2 Å². The van der Waals surface area contributed by atoms with Crippen molar-refractivity contribution in [2.45, 2.75) is 48.7 Å². The zero-order valence-electron chi connectivity index (χ0n) is 11.6. The van der Waals surface area contributed by atoms with E-state index in [1.54, 1.807) is 27.7 Å². The fourth-order valence-electron chi connectivity index (χ4n) is 2.19. The number of aromatic nitrogens is 3. The minimum absolute atomic E-state index is 0.0278. The zero-order chi connectivity index (χ0) is 15.0. The molecule has 1 aliphatic rings. The van der Waals surface area contributed by atoms with Gasteiger partial charge in [0.05, 0.1) is 9.04 Å². The Bertz CT molecular complexity index is 676. The van der Waals surface area contributed by atoms with Crippen molar-refractivity contribution in [1.82, 2.24) is 14.8 Å². The van der Waals surface area contributed by atoms with E-state index in [-0.39, 0.29) is 17.0 Å². The van der Waals surface area contributed by atoms with Crippen LogP contribution in [0.25, 0.3) is 0 Å². The molecule has 2 atom stereocenters. The molecule has 1 aliphatic carbocycles. The summed E-state index contributed by atoms with van der Waals surface area (Å²) in [4.78, 5) is 13.1. The highest BCUT2D eigenvalue weighted by molar-refractivity contribution is 9.11. The average molecular weight is 389 g/mol. The lowest BCUT2D eigenvalue weighted by atomic mass is 10.1. The maximum atomic E-state index is 11.9. The van der Waals surface area contributed by atoms with E-state index in [9.17, 15) is 4.79 Å². The fraction of sp³-hybridized carbons (Fsp3) is 0.538. The van der Waals surface area contributed by atoms with Gasteiger partial charge in [0, 0.05) is 17.0 Å². The highest BCUT2D eigenvalue weighted by Crippen LogP contribution is 2.43. The van der Waals surface area contributed by atoms with Gasteiger partial charge in [-0.25, -0.2) is 9.89 Å². The molecule has 2 aromatic heterocycles. The third kappa shape index (κ3) is 3.28. The summed E-state index contributed by atoms with van der Waals surface area (Å²) in [6.07, 6.45) is 3.00. The van der Waals surface area contributed by atoms with Crippen LogP contribution in [0.1, 0.15) is 42.4 Å². The molecule has 8 heteroatoms. The van der Waals surface area contributed by atoms with Gasteiger partial charge in [0.15, 0.2) is 5.16 Å². The van der Waals surface area contributed by atoms with E-state index in [2.05, 4.69) is 39.1 Å². The Kier molecular flexibility index (Phi) is 4.58. The summed E-state index contributed by atoms with van der Waals surface area (Å²) in [7, 11) is 0. The van der Waals surface area contributed by atoms with Gasteiger partial charge in [0.25, 0.3) is 0 Å². The highest BCUT2D eigenvalue weighted by Gasteiger charge is 2.31. The quantitative estimate of drug-likeness (QED) is 0.744. The van der Waals surface area contributed by atoms with Crippen LogP contribution in [0.4, 0.5) is 0 Å². The lowest BCUT2D eigenvalue weighted by molar-refractivity contribution is 0.619. The summed E-state index contributed by atoms with van der Waals surface area (Å²) in [5, 5.41) is 7.62. The Hall–Kier alpha value is -0.570. The molecule has 0 radical (unpaired) electrons. The van der Waals surface area contributed by atoms with E-state index in [4.69, 9.17) is 5.73 Å². The zero-order valence-corrected chi connectivity index (χ0v) is 14.8. The Morgan fingerprint density at radius 3 is 2.95 bits per heavy atom. The molecule has 0 aromatic carbocycles. The first kappa shape index (κ1) is 15.3. The van der Waals surface area contributed by atoms with E-state index in [0.29, 0.717) is 6.04 Å². The van der Waals surface area contributed by atoms with E-state index < -0.39 is 0 Å². The Balaban J connectivity index is 1.90. The number of hydrogen-bond donors (Lipinski definition) is 2. The molecule has 21 heavy (non-hydrogen) atoms. The van der Waals surface area contributed by atoms with Crippen LogP contribution in [0.5, 0.6) is 0 Å². The smallest absolute Gasteiger partial charge is 0.326 e. The minimum Gasteiger partial charge on any atom is -0.326 e. The predicted molar refractivity (Wildman–Crippen MR) is 90.0 cm³/mol. The molecule has 0 spiro atoms. The van der Waals surface area contributed by atoms with Crippen LogP contribution in [0.3, 0.4) is 0 Å². The van der Waals surface area contributed by atoms with Crippen LogP contribution in [-0.2, 0) is 0 Å². The standard InChI is InChI=1S/C13H17BrN4OS2/c1-2-8(15)11(9-5-6-10(14)20-9)21-13-17-16-12(19)18(13)7-3-4-7/h5-8,11H,2-4,15H2,1H3,(H,16,19). The van der Waals surface area contributed by atoms with Crippen molar-refractivity contribution in [1.29, 1.82) is 0 Å². The second-order valence-corrected chi connectivity index (χ2v) is 8.77. The molecule has 2 unspecified atom stereocenters. The molecule has 0 saturated heterocycles. The minimum atomic E-state index is -0.115. The number of hydrogen-bond acceptors (Lipinski definition) is 5. The lowest BCUT2D eigenvalue weighted by Crippen LogP contribution is -2.25. The second kappa shape index (κ2) is 6.28. The summed E-state index contributed by atoms with van der Waals surface area (Å²) in [5.41, 5.74) is 6.19. The fourth-order valence-corrected chi connectivity index (χ4v) is 5.20. The lowest BCUT2D eigenvalue weighted by Gasteiger charge is -2.20. The molecule has 0 aliphatic heterocycles. The number of thiophene rings is 1. The summed E-state index contributed by atoms with van der Waals surface area (Å²) >= 11 is 6.77. The van der Waals surface area contributed by atoms with Gasteiger partial charge in [-0.3, -0.25) is 4.57 Å². The molecule has 2 aromatic rings. The third-order valence-corrected chi connectivity index (χ3v) is 6.76. The van der Waals surface area contributed by atoms with Crippen molar-refractivity contribution in [3.8, 4) is 0 Å².